The Balaban J connectivity index is 0.00000272. The first-order valence-electron chi connectivity index (χ1n) is 10.2. The van der Waals surface area contributed by atoms with Gasteiger partial charge in [0.25, 0.3) is 5.91 Å². The van der Waals surface area contributed by atoms with E-state index in [-0.39, 0.29) is 30.1 Å². The number of piperidine rings is 1. The van der Waals surface area contributed by atoms with Crippen molar-refractivity contribution in [1.29, 1.82) is 0 Å². The number of carbonyl (C=O) groups excluding carboxylic acids is 1. The highest BCUT2D eigenvalue weighted by Gasteiger charge is 2.41. The first-order valence-corrected chi connectivity index (χ1v) is 10.6. The Morgan fingerprint density at radius 3 is 2.68 bits per heavy atom. The molecule has 2 saturated heterocycles. The van der Waals surface area contributed by atoms with Crippen molar-refractivity contribution in [2.24, 2.45) is 0 Å². The van der Waals surface area contributed by atoms with Crippen LogP contribution in [0.1, 0.15) is 59.6 Å². The summed E-state index contributed by atoms with van der Waals surface area (Å²) in [7, 11) is 0. The molecule has 9 heteroatoms. The number of alkyl halides is 3. The van der Waals surface area contributed by atoms with Gasteiger partial charge in [0.2, 0.25) is 0 Å². The number of nitrogens with zero attached hydrogens (tertiary/aromatic N) is 2. The topological polar surface area (TPSA) is 45.2 Å². The summed E-state index contributed by atoms with van der Waals surface area (Å²) in [6.07, 6.45) is 4.17. The molecule has 4 nitrogen and oxygen atoms in total. The third-order valence-electron chi connectivity index (χ3n) is 6.16. The molecular weight excluding hydrogens is 450 g/mol. The van der Waals surface area contributed by atoms with Crippen molar-refractivity contribution >= 4 is 29.9 Å². The first kappa shape index (κ1) is 23.8. The van der Waals surface area contributed by atoms with Gasteiger partial charge in [-0.3, -0.25) is 14.7 Å². The number of halogens is 5. The third kappa shape index (κ3) is 4.99. The molecular formula is C22H24Cl2F3N3O. The number of hydrogen-bond donors (Lipinski definition) is 1. The highest BCUT2D eigenvalue weighted by Crippen LogP contribution is 2.39. The normalized spacial score (nSPS) is 22.3. The number of hydrogen-bond acceptors (Lipinski definition) is 3. The van der Waals surface area contributed by atoms with Crippen molar-refractivity contribution in [3.63, 3.8) is 0 Å². The van der Waals surface area contributed by atoms with E-state index < -0.39 is 22.7 Å². The summed E-state index contributed by atoms with van der Waals surface area (Å²) >= 11 is 5.98. The van der Waals surface area contributed by atoms with Crippen LogP contribution in [0.3, 0.4) is 0 Å². The summed E-state index contributed by atoms with van der Waals surface area (Å²) in [6.45, 7) is 0.965. The number of carbonyl (C=O) groups is 1. The van der Waals surface area contributed by atoms with E-state index in [0.717, 1.165) is 43.9 Å². The number of nitrogens with one attached hydrogen (secondary N) is 1. The van der Waals surface area contributed by atoms with Crippen molar-refractivity contribution in [1.82, 2.24) is 15.2 Å². The van der Waals surface area contributed by atoms with E-state index in [9.17, 15) is 18.0 Å². The smallest absolute Gasteiger partial charge is 0.344 e. The zero-order valence-electron chi connectivity index (χ0n) is 16.7. The van der Waals surface area contributed by atoms with Crippen LogP contribution >= 0.6 is 24.0 Å². The van der Waals surface area contributed by atoms with Gasteiger partial charge in [-0.25, -0.2) is 0 Å². The molecule has 0 aliphatic carbocycles. The lowest BCUT2D eigenvalue weighted by Crippen LogP contribution is -2.47. The van der Waals surface area contributed by atoms with Crippen molar-refractivity contribution in [2.75, 3.05) is 6.54 Å². The van der Waals surface area contributed by atoms with Crippen molar-refractivity contribution in [3.8, 4) is 0 Å². The number of benzene rings is 1. The molecule has 0 saturated carbocycles. The minimum Gasteiger partial charge on any atom is -0.344 e. The van der Waals surface area contributed by atoms with E-state index in [1.54, 1.807) is 18.5 Å². The van der Waals surface area contributed by atoms with Gasteiger partial charge in [-0.15, -0.1) is 12.4 Å². The molecule has 1 N–H and O–H groups in total. The SMILES string of the molecule is Cl.O=C(NC(c1cccnc1)C1CCC2CCCCN21)c1cccc(C(F)(F)F)c1Cl. The van der Waals surface area contributed by atoms with E-state index in [1.165, 1.54) is 18.6 Å². The molecule has 3 heterocycles. The van der Waals surface area contributed by atoms with Gasteiger partial charge >= 0.3 is 6.18 Å². The molecule has 2 aliphatic heterocycles. The molecule has 31 heavy (non-hydrogen) atoms. The molecule has 1 amide bonds. The van der Waals surface area contributed by atoms with Gasteiger partial charge in [-0.1, -0.05) is 30.2 Å². The van der Waals surface area contributed by atoms with Crippen LogP contribution in [0.15, 0.2) is 42.7 Å². The van der Waals surface area contributed by atoms with Crippen LogP contribution < -0.4 is 5.32 Å². The van der Waals surface area contributed by atoms with Crippen LogP contribution in [0, 0.1) is 0 Å². The van der Waals surface area contributed by atoms with Crippen LogP contribution in [0.5, 0.6) is 0 Å². The van der Waals surface area contributed by atoms with Gasteiger partial charge in [0.05, 0.1) is 22.2 Å². The molecule has 1 aromatic heterocycles. The minimum absolute atomic E-state index is 0. The van der Waals surface area contributed by atoms with E-state index in [1.807, 2.05) is 6.07 Å². The monoisotopic (exact) mass is 473 g/mol. The predicted molar refractivity (Wildman–Crippen MR) is 116 cm³/mol. The Morgan fingerprint density at radius 2 is 1.97 bits per heavy atom. The summed E-state index contributed by atoms with van der Waals surface area (Å²) in [5, 5.41) is 2.40. The molecule has 3 unspecified atom stereocenters. The number of amides is 1. The highest BCUT2D eigenvalue weighted by atomic mass is 35.5. The fourth-order valence-electron chi connectivity index (χ4n) is 4.76. The van der Waals surface area contributed by atoms with Crippen molar-refractivity contribution in [2.45, 2.75) is 56.4 Å². The molecule has 168 valence electrons. The second kappa shape index (κ2) is 9.76. The number of aromatic nitrogens is 1. The average Bonchev–Trinajstić information content (AvgIpc) is 3.15. The maximum Gasteiger partial charge on any atom is 0.417 e. The van der Waals surface area contributed by atoms with Crippen LogP contribution in [0.4, 0.5) is 13.2 Å². The van der Waals surface area contributed by atoms with E-state index in [0.29, 0.717) is 6.04 Å². The van der Waals surface area contributed by atoms with Gasteiger partial charge < -0.3 is 5.32 Å². The molecule has 2 aliphatic rings. The Bertz CT molecular complexity index is 911. The predicted octanol–water partition coefficient (Wildman–Crippen LogP) is 5.66. The lowest BCUT2D eigenvalue weighted by atomic mass is 9.97. The fraction of sp³-hybridized carbons (Fsp3) is 0.455. The second-order valence-electron chi connectivity index (χ2n) is 7.93. The first-order chi connectivity index (χ1) is 14.4. The molecule has 4 rings (SSSR count). The maximum atomic E-state index is 13.2. The van der Waals surface area contributed by atoms with Gasteiger partial charge in [-0.2, -0.15) is 13.2 Å². The molecule has 2 aromatic rings. The van der Waals surface area contributed by atoms with Gasteiger partial charge in [0.1, 0.15) is 0 Å². The number of fused-ring (bicyclic) bond motifs is 1. The summed E-state index contributed by atoms with van der Waals surface area (Å²) in [4.78, 5) is 19.7. The van der Waals surface area contributed by atoms with E-state index in [4.69, 9.17) is 11.6 Å². The average molecular weight is 474 g/mol. The zero-order valence-corrected chi connectivity index (χ0v) is 18.3. The van der Waals surface area contributed by atoms with Crippen molar-refractivity contribution < 1.29 is 18.0 Å². The fourth-order valence-corrected chi connectivity index (χ4v) is 5.08. The third-order valence-corrected chi connectivity index (χ3v) is 6.57. The second-order valence-corrected chi connectivity index (χ2v) is 8.31. The summed E-state index contributed by atoms with van der Waals surface area (Å²) < 4.78 is 39.7. The number of rotatable bonds is 4. The Morgan fingerprint density at radius 1 is 1.16 bits per heavy atom. The van der Waals surface area contributed by atoms with E-state index in [2.05, 4.69) is 15.2 Å². The lowest BCUT2D eigenvalue weighted by molar-refractivity contribution is -0.137. The molecule has 3 atom stereocenters. The minimum atomic E-state index is -4.62. The summed E-state index contributed by atoms with van der Waals surface area (Å²) in [6, 6.07) is 7.30. The Labute approximate surface area is 190 Å². The quantitative estimate of drug-likeness (QED) is 0.622. The Hall–Kier alpha value is -1.83. The molecule has 1 aromatic carbocycles. The van der Waals surface area contributed by atoms with Gasteiger partial charge in [-0.05, 0) is 56.0 Å². The summed E-state index contributed by atoms with van der Waals surface area (Å²) in [5.74, 6) is -0.611. The Kier molecular flexibility index (Phi) is 7.50. The standard InChI is InChI=1S/C22H23ClF3N3O.ClH/c23-19-16(7-3-8-17(19)22(24,25)26)21(30)28-20(14-5-4-11-27-13-14)18-10-9-15-6-1-2-12-29(15)18;/h3-5,7-8,11,13,15,18,20H,1-2,6,9-10,12H2,(H,28,30);1H. The lowest BCUT2D eigenvalue weighted by Gasteiger charge is -2.38. The highest BCUT2D eigenvalue weighted by molar-refractivity contribution is 6.34. The molecule has 0 bridgehead atoms. The van der Waals surface area contributed by atoms with Crippen LogP contribution in [0.25, 0.3) is 0 Å². The molecule has 0 spiro atoms. The van der Waals surface area contributed by atoms with Crippen LogP contribution in [-0.2, 0) is 6.18 Å². The molecule has 0 radical (unpaired) electrons. The van der Waals surface area contributed by atoms with Crippen LogP contribution in [-0.4, -0.2) is 34.4 Å². The summed E-state index contributed by atoms with van der Waals surface area (Å²) in [5.41, 5.74) is -0.342. The van der Waals surface area contributed by atoms with Crippen molar-refractivity contribution in [3.05, 3.63) is 64.4 Å². The number of pyridine rings is 1. The largest absolute Gasteiger partial charge is 0.417 e. The molecule has 2 fully saturated rings. The van der Waals surface area contributed by atoms with Gasteiger partial charge in [0, 0.05) is 24.5 Å². The van der Waals surface area contributed by atoms with Gasteiger partial charge in [0.15, 0.2) is 0 Å². The zero-order chi connectivity index (χ0) is 21.3. The van der Waals surface area contributed by atoms with Crippen LogP contribution in [0.2, 0.25) is 5.02 Å². The van der Waals surface area contributed by atoms with E-state index >= 15 is 0 Å². The maximum absolute atomic E-state index is 13.2.